The molecule has 0 aromatic carbocycles. The molecular formula is C12H19NO2. The first-order valence-electron chi connectivity index (χ1n) is 6.00. The van der Waals surface area contributed by atoms with Crippen LogP contribution in [0.2, 0.25) is 0 Å². The van der Waals surface area contributed by atoms with Gasteiger partial charge in [0.1, 0.15) is 6.29 Å². The highest BCUT2D eigenvalue weighted by molar-refractivity contribution is 5.82. The number of carbonyl (C=O) groups is 2. The SMILES string of the molecule is CC[C@@H](C=O)NC(=O)[C@H]1C[C@@H]2CC[C@H]1C2. The van der Waals surface area contributed by atoms with E-state index >= 15 is 0 Å². The Labute approximate surface area is 90.6 Å². The van der Waals surface area contributed by atoms with Gasteiger partial charge in [-0.15, -0.1) is 0 Å². The second-order valence-electron chi connectivity index (χ2n) is 4.94. The lowest BCUT2D eigenvalue weighted by molar-refractivity contribution is -0.128. The Morgan fingerprint density at radius 3 is 2.73 bits per heavy atom. The summed E-state index contributed by atoms with van der Waals surface area (Å²) in [4.78, 5) is 22.5. The number of aldehydes is 1. The Hall–Kier alpha value is -0.860. The van der Waals surface area contributed by atoms with Crippen molar-refractivity contribution in [1.29, 1.82) is 0 Å². The molecule has 2 aliphatic carbocycles. The number of nitrogens with one attached hydrogen (secondary N) is 1. The Morgan fingerprint density at radius 1 is 1.47 bits per heavy atom. The van der Waals surface area contributed by atoms with Gasteiger partial charge in [0.05, 0.1) is 6.04 Å². The fraction of sp³-hybridized carbons (Fsp3) is 0.833. The quantitative estimate of drug-likeness (QED) is 0.713. The van der Waals surface area contributed by atoms with Crippen molar-refractivity contribution in [3.8, 4) is 0 Å². The average molecular weight is 209 g/mol. The molecule has 1 amide bonds. The number of hydrogen-bond donors (Lipinski definition) is 1. The lowest BCUT2D eigenvalue weighted by atomic mass is 9.88. The van der Waals surface area contributed by atoms with Crippen LogP contribution in [-0.4, -0.2) is 18.2 Å². The fourth-order valence-corrected chi connectivity index (χ4v) is 3.09. The summed E-state index contributed by atoms with van der Waals surface area (Å²) in [6.45, 7) is 1.92. The Balaban J connectivity index is 1.88. The highest BCUT2D eigenvalue weighted by atomic mass is 16.2. The normalized spacial score (nSPS) is 35.1. The highest BCUT2D eigenvalue weighted by Gasteiger charge is 2.43. The number of hydrogen-bond acceptors (Lipinski definition) is 2. The van der Waals surface area contributed by atoms with Crippen molar-refractivity contribution in [3.63, 3.8) is 0 Å². The molecule has 2 bridgehead atoms. The van der Waals surface area contributed by atoms with E-state index in [4.69, 9.17) is 0 Å². The van der Waals surface area contributed by atoms with Crippen LogP contribution in [0.3, 0.4) is 0 Å². The zero-order chi connectivity index (χ0) is 10.8. The number of amides is 1. The molecule has 0 unspecified atom stereocenters. The van der Waals surface area contributed by atoms with Crippen LogP contribution in [0.25, 0.3) is 0 Å². The molecule has 2 saturated carbocycles. The van der Waals surface area contributed by atoms with Gasteiger partial charge in [-0.2, -0.15) is 0 Å². The van der Waals surface area contributed by atoms with E-state index in [1.54, 1.807) is 0 Å². The van der Waals surface area contributed by atoms with Gasteiger partial charge in [-0.3, -0.25) is 4.79 Å². The third-order valence-corrected chi connectivity index (χ3v) is 4.01. The Bertz CT molecular complexity index is 264. The Kier molecular flexibility index (Phi) is 3.08. The van der Waals surface area contributed by atoms with Crippen LogP contribution in [0.15, 0.2) is 0 Å². The Morgan fingerprint density at radius 2 is 2.27 bits per heavy atom. The first-order chi connectivity index (χ1) is 7.24. The van der Waals surface area contributed by atoms with Gasteiger partial charge in [0.25, 0.3) is 0 Å². The van der Waals surface area contributed by atoms with Gasteiger partial charge >= 0.3 is 0 Å². The molecule has 0 aromatic rings. The molecule has 84 valence electrons. The summed E-state index contributed by atoms with van der Waals surface area (Å²) in [5.41, 5.74) is 0. The standard InChI is InChI=1S/C12H19NO2/c1-2-10(7-14)13-12(15)11-6-8-3-4-9(11)5-8/h7-11H,2-6H2,1H3,(H,13,15)/t8-,9+,10+,11+/m1/s1. The summed E-state index contributed by atoms with van der Waals surface area (Å²) in [6, 6.07) is -0.281. The molecule has 2 rings (SSSR count). The molecule has 1 N–H and O–H groups in total. The molecule has 15 heavy (non-hydrogen) atoms. The minimum atomic E-state index is -0.281. The van der Waals surface area contributed by atoms with Crippen LogP contribution in [0, 0.1) is 17.8 Å². The molecule has 0 spiro atoms. The van der Waals surface area contributed by atoms with Crippen LogP contribution in [0.5, 0.6) is 0 Å². The number of rotatable bonds is 4. The predicted molar refractivity (Wildman–Crippen MR) is 57.2 cm³/mol. The third kappa shape index (κ3) is 2.06. The minimum absolute atomic E-state index is 0.112. The van der Waals surface area contributed by atoms with E-state index in [2.05, 4.69) is 5.32 Å². The van der Waals surface area contributed by atoms with Gasteiger partial charge in [0.15, 0.2) is 0 Å². The zero-order valence-electron chi connectivity index (χ0n) is 9.24. The molecule has 0 aromatic heterocycles. The van der Waals surface area contributed by atoms with E-state index in [9.17, 15) is 9.59 Å². The van der Waals surface area contributed by atoms with Crippen molar-refractivity contribution < 1.29 is 9.59 Å². The smallest absolute Gasteiger partial charge is 0.223 e. The van der Waals surface area contributed by atoms with Crippen LogP contribution in [0.4, 0.5) is 0 Å². The van der Waals surface area contributed by atoms with Crippen LogP contribution in [0.1, 0.15) is 39.0 Å². The summed E-state index contributed by atoms with van der Waals surface area (Å²) >= 11 is 0. The van der Waals surface area contributed by atoms with Gasteiger partial charge in [-0.25, -0.2) is 0 Å². The number of fused-ring (bicyclic) bond motifs is 2. The maximum absolute atomic E-state index is 11.9. The van der Waals surface area contributed by atoms with Crippen LogP contribution < -0.4 is 5.32 Å². The molecule has 0 aliphatic heterocycles. The largest absolute Gasteiger partial charge is 0.346 e. The van der Waals surface area contributed by atoms with Gasteiger partial charge < -0.3 is 10.1 Å². The second kappa shape index (κ2) is 4.33. The highest BCUT2D eigenvalue weighted by Crippen LogP contribution is 2.48. The monoisotopic (exact) mass is 209 g/mol. The third-order valence-electron chi connectivity index (χ3n) is 4.01. The summed E-state index contributed by atoms with van der Waals surface area (Å²) in [5.74, 6) is 1.68. The average Bonchev–Trinajstić information content (AvgIpc) is 2.87. The summed E-state index contributed by atoms with van der Waals surface area (Å²) < 4.78 is 0. The summed E-state index contributed by atoms with van der Waals surface area (Å²) in [5, 5.41) is 2.84. The molecule has 2 aliphatic rings. The van der Waals surface area contributed by atoms with Crippen molar-refractivity contribution in [2.45, 2.75) is 45.1 Å². The first-order valence-corrected chi connectivity index (χ1v) is 6.00. The van der Waals surface area contributed by atoms with Crippen molar-refractivity contribution in [2.24, 2.45) is 17.8 Å². The van der Waals surface area contributed by atoms with E-state index in [-0.39, 0.29) is 17.9 Å². The maximum Gasteiger partial charge on any atom is 0.223 e. The van der Waals surface area contributed by atoms with E-state index in [0.29, 0.717) is 12.3 Å². The van der Waals surface area contributed by atoms with E-state index < -0.39 is 0 Å². The molecule has 0 saturated heterocycles. The maximum atomic E-state index is 11.9. The first kappa shape index (κ1) is 10.7. The van der Waals surface area contributed by atoms with Gasteiger partial charge in [0, 0.05) is 5.92 Å². The second-order valence-corrected chi connectivity index (χ2v) is 4.94. The van der Waals surface area contributed by atoms with E-state index in [1.165, 1.54) is 19.3 Å². The molecule has 2 fully saturated rings. The summed E-state index contributed by atoms with van der Waals surface area (Å²) in [6.07, 6.45) is 6.32. The van der Waals surface area contributed by atoms with Crippen LogP contribution >= 0.6 is 0 Å². The molecule has 4 atom stereocenters. The van der Waals surface area contributed by atoms with Crippen molar-refractivity contribution in [3.05, 3.63) is 0 Å². The molecule has 0 heterocycles. The van der Waals surface area contributed by atoms with Gasteiger partial charge in [-0.1, -0.05) is 13.3 Å². The van der Waals surface area contributed by atoms with Crippen LogP contribution in [-0.2, 0) is 9.59 Å². The van der Waals surface area contributed by atoms with E-state index in [0.717, 1.165) is 18.6 Å². The van der Waals surface area contributed by atoms with Crippen molar-refractivity contribution in [2.75, 3.05) is 0 Å². The van der Waals surface area contributed by atoms with Crippen molar-refractivity contribution in [1.82, 2.24) is 5.32 Å². The summed E-state index contributed by atoms with van der Waals surface area (Å²) in [7, 11) is 0. The molecule has 3 nitrogen and oxygen atoms in total. The van der Waals surface area contributed by atoms with Gasteiger partial charge in [-0.05, 0) is 37.5 Å². The molecular weight excluding hydrogens is 190 g/mol. The molecule has 0 radical (unpaired) electrons. The lowest BCUT2D eigenvalue weighted by Crippen LogP contribution is -2.41. The lowest BCUT2D eigenvalue weighted by Gasteiger charge is -2.22. The van der Waals surface area contributed by atoms with Crippen molar-refractivity contribution >= 4 is 12.2 Å². The number of carbonyl (C=O) groups excluding carboxylic acids is 2. The zero-order valence-corrected chi connectivity index (χ0v) is 9.24. The predicted octanol–water partition coefficient (Wildman–Crippen LogP) is 1.52. The topological polar surface area (TPSA) is 46.2 Å². The molecule has 3 heteroatoms. The minimum Gasteiger partial charge on any atom is -0.346 e. The van der Waals surface area contributed by atoms with E-state index in [1.807, 2.05) is 6.92 Å². The van der Waals surface area contributed by atoms with Gasteiger partial charge in [0.2, 0.25) is 5.91 Å². The fourth-order valence-electron chi connectivity index (χ4n) is 3.09.